The van der Waals surface area contributed by atoms with E-state index in [1.165, 1.54) is 88.7 Å². The van der Waals surface area contributed by atoms with E-state index < -0.39 is 5.41 Å². The van der Waals surface area contributed by atoms with Crippen molar-refractivity contribution in [2.75, 3.05) is 4.90 Å². The van der Waals surface area contributed by atoms with Gasteiger partial charge >= 0.3 is 0 Å². The van der Waals surface area contributed by atoms with Gasteiger partial charge in [0.1, 0.15) is 11.5 Å². The highest BCUT2D eigenvalue weighted by Gasteiger charge is 2.50. The van der Waals surface area contributed by atoms with Crippen molar-refractivity contribution >= 4 is 27.8 Å². The molecule has 0 N–H and O–H groups in total. The van der Waals surface area contributed by atoms with Gasteiger partial charge in [-0.15, -0.1) is 0 Å². The molecule has 0 aromatic heterocycles. The normalized spacial score (nSPS) is 15.6. The summed E-state index contributed by atoms with van der Waals surface area (Å²) in [5.41, 5.74) is 25.0. The lowest BCUT2D eigenvalue weighted by Gasteiger charge is -2.36. The van der Waals surface area contributed by atoms with Crippen LogP contribution in [0, 0.1) is 0 Å². The Labute approximate surface area is 408 Å². The highest BCUT2D eigenvalue weighted by molar-refractivity contribution is 6.07. The van der Waals surface area contributed by atoms with Crippen LogP contribution in [0.3, 0.4) is 0 Å². The Hall–Kier alpha value is -8.72. The molecule has 0 amide bonds. The van der Waals surface area contributed by atoms with Crippen molar-refractivity contribution < 1.29 is 4.74 Å². The Kier molecular flexibility index (Phi) is 8.08. The summed E-state index contributed by atoms with van der Waals surface area (Å²) in [6, 6.07) is 88.5. The molecule has 2 nitrogen and oxygen atoms in total. The summed E-state index contributed by atoms with van der Waals surface area (Å²) in [6.45, 7) is 4.75. The molecule has 2 heteroatoms. The van der Waals surface area contributed by atoms with E-state index in [9.17, 15) is 0 Å². The third-order valence-corrected chi connectivity index (χ3v) is 16.1. The molecule has 0 radical (unpaired) electrons. The topological polar surface area (TPSA) is 12.5 Å². The van der Waals surface area contributed by atoms with Gasteiger partial charge in [0, 0.05) is 33.6 Å². The number of hydrogen-bond acceptors (Lipinski definition) is 2. The van der Waals surface area contributed by atoms with Crippen LogP contribution in [0.15, 0.2) is 237 Å². The first kappa shape index (κ1) is 39.3. The molecule has 11 aromatic carbocycles. The van der Waals surface area contributed by atoms with Gasteiger partial charge in [-0.25, -0.2) is 0 Å². The third kappa shape index (κ3) is 5.23. The number of anilines is 3. The van der Waals surface area contributed by atoms with Crippen LogP contribution in [0.2, 0.25) is 0 Å². The lowest BCUT2D eigenvalue weighted by molar-refractivity contribution is 0.488. The minimum absolute atomic E-state index is 0.188. The quantitative estimate of drug-likeness (QED) is 0.175. The van der Waals surface area contributed by atoms with Crippen molar-refractivity contribution in [1.29, 1.82) is 0 Å². The Bertz CT molecular complexity index is 4040. The van der Waals surface area contributed by atoms with Gasteiger partial charge in [-0.2, -0.15) is 0 Å². The minimum atomic E-state index is -0.655. The monoisotopic (exact) mass is 891 g/mol. The average molecular weight is 892 g/mol. The second-order valence-electron chi connectivity index (χ2n) is 19.9. The van der Waals surface area contributed by atoms with Crippen LogP contribution in [0.25, 0.3) is 77.5 Å². The Balaban J connectivity index is 1.05. The van der Waals surface area contributed by atoms with E-state index >= 15 is 0 Å². The summed E-state index contributed by atoms with van der Waals surface area (Å²) in [4.78, 5) is 2.51. The van der Waals surface area contributed by atoms with Crippen molar-refractivity contribution in [3.63, 3.8) is 0 Å². The molecule has 0 saturated carbocycles. The van der Waals surface area contributed by atoms with Gasteiger partial charge in [0.05, 0.1) is 5.41 Å². The first-order valence-electron chi connectivity index (χ1n) is 24.5. The first-order valence-corrected chi connectivity index (χ1v) is 24.5. The van der Waals surface area contributed by atoms with E-state index in [0.717, 1.165) is 50.8 Å². The van der Waals surface area contributed by atoms with Gasteiger partial charge in [-0.05, 0) is 148 Å². The molecule has 0 saturated heterocycles. The fraction of sp³-hybridized carbons (Fsp3) is 0.0588. The van der Waals surface area contributed by atoms with Crippen molar-refractivity contribution in [2.45, 2.75) is 24.7 Å². The van der Waals surface area contributed by atoms with Crippen LogP contribution in [0.5, 0.6) is 11.5 Å². The smallest absolute Gasteiger partial charge is 0.135 e. The van der Waals surface area contributed by atoms with Crippen LogP contribution >= 0.6 is 0 Å². The number of para-hydroxylation sites is 2. The van der Waals surface area contributed by atoms with E-state index in [2.05, 4.69) is 255 Å². The second-order valence-corrected chi connectivity index (χ2v) is 19.9. The van der Waals surface area contributed by atoms with E-state index in [-0.39, 0.29) is 5.41 Å². The average Bonchev–Trinajstić information content (AvgIpc) is 3.73. The maximum absolute atomic E-state index is 6.71. The number of rotatable bonds is 3. The van der Waals surface area contributed by atoms with Crippen molar-refractivity contribution in [1.82, 2.24) is 0 Å². The fourth-order valence-corrected chi connectivity index (χ4v) is 13.1. The van der Waals surface area contributed by atoms with Crippen molar-refractivity contribution in [3.05, 3.63) is 270 Å². The predicted octanol–water partition coefficient (Wildman–Crippen LogP) is 18.1. The SMILES string of the molecule is CC1(C)c2ccccc2-c2ccc(N(c3ccc4c(c3)-c3ccccc3Oc3ccccc3-4)c3ccc4c(c3)C3(c5ccccc5-c5ccccc5-4)c4ccccc4-c4c3ccc3ccccc43)cc21. The van der Waals surface area contributed by atoms with E-state index in [1.54, 1.807) is 0 Å². The Morgan fingerprint density at radius 1 is 0.300 bits per heavy atom. The van der Waals surface area contributed by atoms with Crippen LogP contribution in [0.4, 0.5) is 17.1 Å². The third-order valence-electron chi connectivity index (χ3n) is 16.1. The lowest BCUT2D eigenvalue weighted by atomic mass is 9.65. The molecule has 3 aliphatic carbocycles. The maximum Gasteiger partial charge on any atom is 0.135 e. The molecule has 328 valence electrons. The minimum Gasteiger partial charge on any atom is -0.456 e. The molecule has 1 atom stereocenters. The molecule has 1 heterocycles. The van der Waals surface area contributed by atoms with Gasteiger partial charge in [0.15, 0.2) is 0 Å². The van der Waals surface area contributed by atoms with Crippen molar-refractivity contribution in [3.8, 4) is 78.3 Å². The first-order chi connectivity index (χ1) is 34.5. The highest BCUT2D eigenvalue weighted by Crippen LogP contribution is 2.63. The number of ether oxygens (including phenoxy) is 1. The molecule has 0 bridgehead atoms. The molecule has 1 spiro atoms. The zero-order chi connectivity index (χ0) is 46.3. The van der Waals surface area contributed by atoms with Crippen molar-refractivity contribution in [2.24, 2.45) is 0 Å². The number of nitrogens with zero attached hydrogens (tertiary/aromatic N) is 1. The Morgan fingerprint density at radius 2 is 0.743 bits per heavy atom. The van der Waals surface area contributed by atoms with Crippen LogP contribution in [0.1, 0.15) is 47.2 Å². The zero-order valence-corrected chi connectivity index (χ0v) is 38.9. The second kappa shape index (κ2) is 14.4. The van der Waals surface area contributed by atoms with Crippen LogP contribution in [-0.4, -0.2) is 0 Å². The summed E-state index contributed by atoms with van der Waals surface area (Å²) in [7, 11) is 0. The maximum atomic E-state index is 6.71. The van der Waals surface area contributed by atoms with E-state index in [0.29, 0.717) is 0 Å². The number of benzene rings is 11. The van der Waals surface area contributed by atoms with Crippen LogP contribution < -0.4 is 9.64 Å². The zero-order valence-electron chi connectivity index (χ0n) is 38.9. The molecule has 15 rings (SSSR count). The van der Waals surface area contributed by atoms with Crippen LogP contribution in [-0.2, 0) is 10.8 Å². The largest absolute Gasteiger partial charge is 0.456 e. The summed E-state index contributed by atoms with van der Waals surface area (Å²) in [6.07, 6.45) is 0. The molecule has 1 unspecified atom stereocenters. The van der Waals surface area contributed by atoms with Gasteiger partial charge in [0.25, 0.3) is 0 Å². The predicted molar refractivity (Wildman–Crippen MR) is 289 cm³/mol. The standard InChI is InChI=1S/C68H45NO/c1-67(2)58-26-12-7-22-51(58)53-37-34-44(40-62(53)67)69(43-32-35-49-54-23-10-15-29-64(54)70-65-30-16-11-24-55(65)57(49)39-43)45-33-36-52-48-20-6-5-19-47(48)50-21-8-13-27-59(50)68(63(52)41-45)60-28-14-9-25-56(60)66-46-18-4-3-17-42(46)31-38-61(66)68/h3-41H,1-2H3. The number of fused-ring (bicyclic) bond motifs is 22. The van der Waals surface area contributed by atoms with E-state index in [4.69, 9.17) is 4.74 Å². The molecule has 1 aliphatic heterocycles. The fourth-order valence-electron chi connectivity index (χ4n) is 13.1. The van der Waals surface area contributed by atoms with Gasteiger partial charge in [-0.1, -0.05) is 202 Å². The summed E-state index contributed by atoms with van der Waals surface area (Å²) in [5, 5.41) is 2.53. The molecular formula is C68H45NO. The molecule has 0 fully saturated rings. The lowest BCUT2D eigenvalue weighted by Crippen LogP contribution is -2.29. The molecule has 11 aromatic rings. The van der Waals surface area contributed by atoms with E-state index in [1.807, 2.05) is 0 Å². The number of hydrogen-bond donors (Lipinski definition) is 0. The van der Waals surface area contributed by atoms with Gasteiger partial charge in [0.2, 0.25) is 0 Å². The Morgan fingerprint density at radius 3 is 1.43 bits per heavy atom. The molecule has 4 aliphatic rings. The summed E-state index contributed by atoms with van der Waals surface area (Å²) >= 11 is 0. The summed E-state index contributed by atoms with van der Waals surface area (Å²) in [5.74, 6) is 1.71. The van der Waals surface area contributed by atoms with Gasteiger partial charge in [-0.3, -0.25) is 0 Å². The summed E-state index contributed by atoms with van der Waals surface area (Å²) < 4.78 is 6.71. The van der Waals surface area contributed by atoms with Gasteiger partial charge < -0.3 is 9.64 Å². The highest BCUT2D eigenvalue weighted by atomic mass is 16.5. The molecular weight excluding hydrogens is 847 g/mol. The molecule has 70 heavy (non-hydrogen) atoms.